The van der Waals surface area contributed by atoms with Gasteiger partial charge in [0, 0.05) is 6.04 Å². The maximum Gasteiger partial charge on any atom is 0.133 e. The zero-order valence-electron chi connectivity index (χ0n) is 9.79. The maximum atomic E-state index is 5.76. The van der Waals surface area contributed by atoms with Gasteiger partial charge in [0.2, 0.25) is 0 Å². The zero-order chi connectivity index (χ0) is 11.5. The second-order valence-electron chi connectivity index (χ2n) is 4.45. The number of rotatable bonds is 5. The van der Waals surface area contributed by atoms with Gasteiger partial charge in [-0.3, -0.25) is 0 Å². The third kappa shape index (κ3) is 2.98. The monoisotopic (exact) mass is 283 g/mol. The van der Waals surface area contributed by atoms with E-state index < -0.39 is 0 Å². The second kappa shape index (κ2) is 5.19. The van der Waals surface area contributed by atoms with E-state index in [0.29, 0.717) is 6.04 Å². The normalized spacial score (nSPS) is 17.2. The molecular formula is C13H18BrNO. The van der Waals surface area contributed by atoms with E-state index in [4.69, 9.17) is 4.74 Å². The van der Waals surface area contributed by atoms with Crippen molar-refractivity contribution in [3.8, 4) is 5.75 Å². The Morgan fingerprint density at radius 1 is 1.50 bits per heavy atom. The Labute approximate surface area is 106 Å². The zero-order valence-corrected chi connectivity index (χ0v) is 11.4. The maximum absolute atomic E-state index is 5.76. The summed E-state index contributed by atoms with van der Waals surface area (Å²) in [5.74, 6) is 1.75. The molecule has 1 aromatic carbocycles. The van der Waals surface area contributed by atoms with Gasteiger partial charge in [0.1, 0.15) is 5.75 Å². The van der Waals surface area contributed by atoms with Gasteiger partial charge >= 0.3 is 0 Å². The van der Waals surface area contributed by atoms with E-state index in [-0.39, 0.29) is 0 Å². The van der Waals surface area contributed by atoms with Crippen LogP contribution in [0.3, 0.4) is 0 Å². The summed E-state index contributed by atoms with van der Waals surface area (Å²) in [6, 6.07) is 6.67. The Balaban J connectivity index is 2.02. The molecule has 2 nitrogen and oxygen atoms in total. The molecule has 0 aliphatic heterocycles. The van der Waals surface area contributed by atoms with E-state index in [1.807, 2.05) is 7.05 Å². The Bertz CT molecular complexity index is 363. The third-order valence-corrected chi connectivity index (χ3v) is 3.68. The van der Waals surface area contributed by atoms with Crippen LogP contribution in [0.15, 0.2) is 22.7 Å². The smallest absolute Gasteiger partial charge is 0.133 e. The largest absolute Gasteiger partial charge is 0.492 e. The number of hydrogen-bond acceptors (Lipinski definition) is 2. The first-order chi connectivity index (χ1) is 7.70. The van der Waals surface area contributed by atoms with Crippen LogP contribution in [0.1, 0.15) is 31.4 Å². The lowest BCUT2D eigenvalue weighted by Crippen LogP contribution is -2.12. The van der Waals surface area contributed by atoms with Crippen LogP contribution in [0.5, 0.6) is 5.75 Å². The van der Waals surface area contributed by atoms with Crippen molar-refractivity contribution in [1.82, 2.24) is 5.32 Å². The Morgan fingerprint density at radius 3 is 2.81 bits per heavy atom. The molecule has 1 aliphatic carbocycles. The van der Waals surface area contributed by atoms with Crippen molar-refractivity contribution >= 4 is 15.9 Å². The van der Waals surface area contributed by atoms with Gasteiger partial charge in [-0.1, -0.05) is 6.07 Å². The average Bonchev–Trinajstić information content (AvgIpc) is 3.10. The van der Waals surface area contributed by atoms with Crippen molar-refractivity contribution in [1.29, 1.82) is 0 Å². The summed E-state index contributed by atoms with van der Waals surface area (Å²) in [5.41, 5.74) is 1.27. The molecule has 0 spiro atoms. The van der Waals surface area contributed by atoms with Crippen molar-refractivity contribution in [2.24, 2.45) is 5.92 Å². The molecule has 2 rings (SSSR count). The van der Waals surface area contributed by atoms with Gasteiger partial charge in [0.25, 0.3) is 0 Å². The molecule has 1 unspecified atom stereocenters. The topological polar surface area (TPSA) is 21.3 Å². The fraction of sp³-hybridized carbons (Fsp3) is 0.538. The summed E-state index contributed by atoms with van der Waals surface area (Å²) in [6.07, 6.45) is 2.65. The van der Waals surface area contributed by atoms with Gasteiger partial charge in [-0.25, -0.2) is 0 Å². The number of halogens is 1. The lowest BCUT2D eigenvalue weighted by molar-refractivity contribution is 0.298. The van der Waals surface area contributed by atoms with Gasteiger partial charge < -0.3 is 10.1 Å². The molecule has 1 aromatic rings. The lowest BCUT2D eigenvalue weighted by atomic mass is 10.1. The van der Waals surface area contributed by atoms with Crippen LogP contribution >= 0.6 is 15.9 Å². The molecule has 1 aliphatic rings. The molecule has 0 aromatic heterocycles. The van der Waals surface area contributed by atoms with Gasteiger partial charge in [-0.05, 0) is 66.4 Å². The first-order valence-corrected chi connectivity index (χ1v) is 6.59. The molecule has 1 fully saturated rings. The lowest BCUT2D eigenvalue weighted by Gasteiger charge is -2.13. The molecule has 0 bridgehead atoms. The molecule has 0 saturated heterocycles. The van der Waals surface area contributed by atoms with E-state index in [2.05, 4.69) is 46.4 Å². The number of ether oxygens (including phenoxy) is 1. The molecule has 1 N–H and O–H groups in total. The molecule has 0 radical (unpaired) electrons. The number of nitrogens with one attached hydrogen (secondary N) is 1. The van der Waals surface area contributed by atoms with Crippen LogP contribution in [0.25, 0.3) is 0 Å². The van der Waals surface area contributed by atoms with Crippen molar-refractivity contribution < 1.29 is 4.74 Å². The quantitative estimate of drug-likeness (QED) is 0.893. The van der Waals surface area contributed by atoms with Crippen LogP contribution in [-0.4, -0.2) is 13.7 Å². The minimum atomic E-state index is 0.369. The highest BCUT2D eigenvalue weighted by Gasteiger charge is 2.22. The summed E-state index contributed by atoms with van der Waals surface area (Å²) < 4.78 is 6.81. The molecular weight excluding hydrogens is 266 g/mol. The first kappa shape index (κ1) is 11.9. The Kier molecular flexibility index (Phi) is 3.87. The molecule has 1 saturated carbocycles. The summed E-state index contributed by atoms with van der Waals surface area (Å²) in [7, 11) is 1.97. The minimum Gasteiger partial charge on any atom is -0.492 e. The van der Waals surface area contributed by atoms with Gasteiger partial charge in [-0.2, -0.15) is 0 Å². The minimum absolute atomic E-state index is 0.369. The van der Waals surface area contributed by atoms with Gasteiger partial charge in [-0.15, -0.1) is 0 Å². The highest BCUT2D eigenvalue weighted by Crippen LogP contribution is 2.32. The van der Waals surface area contributed by atoms with Crippen molar-refractivity contribution in [3.63, 3.8) is 0 Å². The van der Waals surface area contributed by atoms with E-state index in [1.54, 1.807) is 0 Å². The van der Waals surface area contributed by atoms with E-state index in [1.165, 1.54) is 18.4 Å². The number of hydrogen-bond donors (Lipinski definition) is 1. The van der Waals surface area contributed by atoms with Crippen LogP contribution in [0.4, 0.5) is 0 Å². The van der Waals surface area contributed by atoms with Crippen LogP contribution < -0.4 is 10.1 Å². The molecule has 0 heterocycles. The standard InChI is InChI=1S/C13H18BrNO/c1-9(15-2)11-5-6-13(12(14)7-11)16-8-10-3-4-10/h5-7,9-10,15H,3-4,8H2,1-2H3. The van der Waals surface area contributed by atoms with Gasteiger partial charge in [0.05, 0.1) is 11.1 Å². The third-order valence-electron chi connectivity index (χ3n) is 3.06. The molecule has 16 heavy (non-hydrogen) atoms. The van der Waals surface area contributed by atoms with Crippen LogP contribution in [-0.2, 0) is 0 Å². The first-order valence-electron chi connectivity index (χ1n) is 5.80. The summed E-state index contributed by atoms with van der Waals surface area (Å²) in [4.78, 5) is 0. The van der Waals surface area contributed by atoms with Gasteiger partial charge in [0.15, 0.2) is 0 Å². The second-order valence-corrected chi connectivity index (χ2v) is 5.31. The van der Waals surface area contributed by atoms with E-state index >= 15 is 0 Å². The highest BCUT2D eigenvalue weighted by molar-refractivity contribution is 9.10. The average molecular weight is 284 g/mol. The van der Waals surface area contributed by atoms with E-state index in [9.17, 15) is 0 Å². The predicted octanol–water partition coefficient (Wildman–Crippen LogP) is 3.52. The summed E-state index contributed by atoms with van der Waals surface area (Å²) >= 11 is 3.56. The predicted molar refractivity (Wildman–Crippen MR) is 69.8 cm³/mol. The van der Waals surface area contributed by atoms with E-state index in [0.717, 1.165) is 22.7 Å². The van der Waals surface area contributed by atoms with Crippen LogP contribution in [0.2, 0.25) is 0 Å². The summed E-state index contributed by atoms with van der Waals surface area (Å²) in [5, 5.41) is 3.23. The SMILES string of the molecule is CNC(C)c1ccc(OCC2CC2)c(Br)c1. The Hall–Kier alpha value is -0.540. The number of benzene rings is 1. The van der Waals surface area contributed by atoms with Crippen LogP contribution in [0, 0.1) is 5.92 Å². The highest BCUT2D eigenvalue weighted by atomic mass is 79.9. The fourth-order valence-corrected chi connectivity index (χ4v) is 2.07. The van der Waals surface area contributed by atoms with Crippen molar-refractivity contribution in [2.75, 3.05) is 13.7 Å². The molecule has 88 valence electrons. The van der Waals surface area contributed by atoms with Crippen molar-refractivity contribution in [3.05, 3.63) is 28.2 Å². The molecule has 1 atom stereocenters. The molecule has 3 heteroatoms. The molecule has 0 amide bonds. The fourth-order valence-electron chi connectivity index (χ4n) is 1.56. The Morgan fingerprint density at radius 2 is 2.25 bits per heavy atom. The summed E-state index contributed by atoms with van der Waals surface area (Å²) in [6.45, 7) is 3.01. The van der Waals surface area contributed by atoms with Crippen molar-refractivity contribution in [2.45, 2.75) is 25.8 Å².